The molecule has 1 aromatic carbocycles. The molecule has 4 heterocycles. The number of ether oxygens (including phenoxy) is 3. The first-order chi connectivity index (χ1) is 18.4. The number of hydrogen-bond donors (Lipinski definition) is 3. The molecule has 2 aliphatic rings. The molecule has 1 saturated heterocycles. The van der Waals surface area contributed by atoms with Gasteiger partial charge in [0.1, 0.15) is 12.1 Å². The highest BCUT2D eigenvalue weighted by Crippen LogP contribution is 2.39. The van der Waals surface area contributed by atoms with Crippen molar-refractivity contribution < 1.29 is 29.2 Å². The van der Waals surface area contributed by atoms with Crippen LogP contribution in [0.4, 0.5) is 22.4 Å². The molecule has 1 atom stereocenters. The number of benzene rings is 1. The average Bonchev–Trinajstić information content (AvgIpc) is 3.61. The van der Waals surface area contributed by atoms with E-state index in [0.717, 1.165) is 36.5 Å². The lowest BCUT2D eigenvalue weighted by Gasteiger charge is -2.32. The lowest BCUT2D eigenvalue weighted by Crippen LogP contribution is -2.39. The van der Waals surface area contributed by atoms with Crippen molar-refractivity contribution in [2.75, 3.05) is 51.2 Å². The Morgan fingerprint density at radius 3 is 2.55 bits per heavy atom. The number of imidazole rings is 1. The summed E-state index contributed by atoms with van der Waals surface area (Å²) in [5.41, 5.74) is 2.32. The number of rotatable bonds is 8. The quantitative estimate of drug-likeness (QED) is 0.398. The first-order valence-electron chi connectivity index (χ1n) is 12.3. The summed E-state index contributed by atoms with van der Waals surface area (Å²) in [4.78, 5) is 29.0. The SMILES string of the molecule is COc1cc(-n2cnc(Nc3nc4c(c(N5CCC[C@H]5CO)n3)CCN(C(=O)O)C4)c2)cc(OC)c1OC. The first kappa shape index (κ1) is 25.4. The first-order valence-corrected chi connectivity index (χ1v) is 12.3. The Kier molecular flexibility index (Phi) is 7.09. The number of anilines is 3. The van der Waals surface area contributed by atoms with Crippen molar-refractivity contribution in [1.82, 2.24) is 24.4 Å². The van der Waals surface area contributed by atoms with Crippen LogP contribution in [0.5, 0.6) is 17.2 Å². The van der Waals surface area contributed by atoms with E-state index in [0.29, 0.717) is 47.7 Å². The van der Waals surface area contributed by atoms with Crippen LogP contribution < -0.4 is 24.4 Å². The number of amides is 1. The maximum absolute atomic E-state index is 11.6. The normalized spacial score (nSPS) is 16.8. The van der Waals surface area contributed by atoms with Gasteiger partial charge in [0, 0.05) is 30.8 Å². The van der Waals surface area contributed by atoms with Gasteiger partial charge in [-0.2, -0.15) is 4.98 Å². The molecule has 202 valence electrons. The van der Waals surface area contributed by atoms with Crippen LogP contribution in [0, 0.1) is 0 Å². The van der Waals surface area contributed by atoms with E-state index in [-0.39, 0.29) is 19.2 Å². The molecule has 13 heteroatoms. The lowest BCUT2D eigenvalue weighted by atomic mass is 10.0. The number of carboxylic acid groups (broad SMARTS) is 1. The van der Waals surface area contributed by atoms with E-state index in [9.17, 15) is 15.0 Å². The van der Waals surface area contributed by atoms with Crippen LogP contribution in [-0.2, 0) is 13.0 Å². The van der Waals surface area contributed by atoms with Crippen LogP contribution in [0.3, 0.4) is 0 Å². The molecule has 38 heavy (non-hydrogen) atoms. The number of hydrogen-bond acceptors (Lipinski definition) is 10. The zero-order valence-corrected chi connectivity index (χ0v) is 21.5. The number of methoxy groups -OCH3 is 3. The summed E-state index contributed by atoms with van der Waals surface area (Å²) in [6.07, 6.45) is 4.77. The highest BCUT2D eigenvalue weighted by Gasteiger charge is 2.32. The summed E-state index contributed by atoms with van der Waals surface area (Å²) in [6, 6.07) is 3.59. The van der Waals surface area contributed by atoms with E-state index in [1.807, 2.05) is 12.1 Å². The van der Waals surface area contributed by atoms with Gasteiger partial charge in [0.25, 0.3) is 0 Å². The molecule has 0 bridgehead atoms. The van der Waals surface area contributed by atoms with Gasteiger partial charge in [0.15, 0.2) is 17.3 Å². The molecular formula is C25H31N7O6. The molecule has 0 spiro atoms. The van der Waals surface area contributed by atoms with E-state index in [4.69, 9.17) is 19.2 Å². The van der Waals surface area contributed by atoms with Crippen LogP contribution >= 0.6 is 0 Å². The van der Waals surface area contributed by atoms with Crippen LogP contribution in [-0.4, -0.2) is 87.8 Å². The minimum Gasteiger partial charge on any atom is -0.493 e. The number of aliphatic hydroxyl groups excluding tert-OH is 1. The van der Waals surface area contributed by atoms with Crippen LogP contribution in [0.15, 0.2) is 24.7 Å². The highest BCUT2D eigenvalue weighted by molar-refractivity contribution is 5.67. The third-order valence-corrected chi connectivity index (χ3v) is 6.94. The third kappa shape index (κ3) is 4.72. The van der Waals surface area contributed by atoms with Crippen molar-refractivity contribution in [2.45, 2.75) is 31.8 Å². The molecule has 1 amide bonds. The minimum absolute atomic E-state index is 0.0291. The predicted octanol–water partition coefficient (Wildman–Crippen LogP) is 2.43. The molecular weight excluding hydrogens is 494 g/mol. The van der Waals surface area contributed by atoms with Gasteiger partial charge in [-0.05, 0) is 19.3 Å². The largest absolute Gasteiger partial charge is 0.493 e. The van der Waals surface area contributed by atoms with Gasteiger partial charge in [-0.25, -0.2) is 14.8 Å². The molecule has 13 nitrogen and oxygen atoms in total. The minimum atomic E-state index is -0.983. The second-order valence-corrected chi connectivity index (χ2v) is 9.10. The van der Waals surface area contributed by atoms with Gasteiger partial charge in [0.2, 0.25) is 11.7 Å². The molecule has 3 aromatic rings. The Bertz CT molecular complexity index is 1300. The predicted molar refractivity (Wildman–Crippen MR) is 138 cm³/mol. The Hall–Kier alpha value is -4.26. The fourth-order valence-corrected chi connectivity index (χ4v) is 5.03. The van der Waals surface area contributed by atoms with Crippen molar-refractivity contribution >= 4 is 23.7 Å². The van der Waals surface area contributed by atoms with Gasteiger partial charge in [-0.15, -0.1) is 0 Å². The molecule has 2 aliphatic heterocycles. The number of aliphatic hydroxyl groups is 1. The number of nitrogens with zero attached hydrogens (tertiary/aromatic N) is 6. The topological polar surface area (TPSA) is 147 Å². The molecule has 0 aliphatic carbocycles. The molecule has 3 N–H and O–H groups in total. The van der Waals surface area contributed by atoms with E-state index < -0.39 is 6.09 Å². The lowest BCUT2D eigenvalue weighted by molar-refractivity contribution is 0.139. The van der Waals surface area contributed by atoms with E-state index >= 15 is 0 Å². The Labute approximate surface area is 219 Å². The average molecular weight is 526 g/mol. The fraction of sp³-hybridized carbons (Fsp3) is 0.440. The molecule has 2 aromatic heterocycles. The maximum Gasteiger partial charge on any atom is 0.407 e. The Morgan fingerprint density at radius 2 is 1.89 bits per heavy atom. The number of fused-ring (bicyclic) bond motifs is 1. The summed E-state index contributed by atoms with van der Waals surface area (Å²) in [5, 5.41) is 22.6. The molecule has 1 fully saturated rings. The van der Waals surface area contributed by atoms with Crippen LogP contribution in [0.2, 0.25) is 0 Å². The van der Waals surface area contributed by atoms with Crippen molar-refractivity contribution in [1.29, 1.82) is 0 Å². The summed E-state index contributed by atoms with van der Waals surface area (Å²) < 4.78 is 18.1. The van der Waals surface area contributed by atoms with Crippen molar-refractivity contribution in [3.8, 4) is 22.9 Å². The van der Waals surface area contributed by atoms with Gasteiger partial charge in [-0.3, -0.25) is 0 Å². The molecule has 5 rings (SSSR count). The fourth-order valence-electron chi connectivity index (χ4n) is 5.03. The van der Waals surface area contributed by atoms with Crippen molar-refractivity contribution in [3.05, 3.63) is 35.9 Å². The van der Waals surface area contributed by atoms with Gasteiger partial charge in [0.05, 0.1) is 58.1 Å². The number of carbonyl (C=O) groups is 1. The second-order valence-electron chi connectivity index (χ2n) is 9.10. The monoisotopic (exact) mass is 525 g/mol. The van der Waals surface area contributed by atoms with Gasteiger partial charge in [-0.1, -0.05) is 0 Å². The van der Waals surface area contributed by atoms with Crippen molar-refractivity contribution in [3.63, 3.8) is 0 Å². The zero-order chi connectivity index (χ0) is 26.8. The van der Waals surface area contributed by atoms with Crippen LogP contribution in [0.25, 0.3) is 5.69 Å². The highest BCUT2D eigenvalue weighted by atomic mass is 16.5. The molecule has 0 radical (unpaired) electrons. The summed E-state index contributed by atoms with van der Waals surface area (Å²) in [6.45, 7) is 1.35. The van der Waals surface area contributed by atoms with E-state index in [1.54, 1.807) is 38.4 Å². The van der Waals surface area contributed by atoms with E-state index in [2.05, 4.69) is 20.2 Å². The summed E-state index contributed by atoms with van der Waals surface area (Å²) in [7, 11) is 4.66. The standard InChI is InChI=1S/C25H31N7O6/c1-36-19-9-16(10-20(37-2)22(19)38-3)31-12-21(26-14-31)28-24-27-18-11-30(25(34)35)8-6-17(18)23(29-24)32-7-4-5-15(32)13-33/h9-10,12,14-15,33H,4-8,11,13H2,1-3H3,(H,34,35)(H,27,28,29)/t15-/m0/s1. The van der Waals surface area contributed by atoms with E-state index in [1.165, 1.54) is 4.90 Å². The number of aromatic nitrogens is 4. The van der Waals surface area contributed by atoms with Gasteiger partial charge < -0.3 is 44.1 Å². The Morgan fingerprint density at radius 1 is 1.13 bits per heavy atom. The second kappa shape index (κ2) is 10.6. The summed E-state index contributed by atoms with van der Waals surface area (Å²) >= 11 is 0. The zero-order valence-electron chi connectivity index (χ0n) is 21.5. The Balaban J connectivity index is 1.48. The maximum atomic E-state index is 11.6. The number of nitrogens with one attached hydrogen (secondary N) is 1. The van der Waals surface area contributed by atoms with Crippen molar-refractivity contribution in [2.24, 2.45) is 0 Å². The van der Waals surface area contributed by atoms with Gasteiger partial charge >= 0.3 is 6.09 Å². The third-order valence-electron chi connectivity index (χ3n) is 6.94. The molecule has 0 saturated carbocycles. The van der Waals surface area contributed by atoms with Crippen LogP contribution in [0.1, 0.15) is 24.1 Å². The molecule has 0 unspecified atom stereocenters. The smallest absolute Gasteiger partial charge is 0.407 e. The summed E-state index contributed by atoms with van der Waals surface area (Å²) in [5.74, 6) is 3.06.